The number of nitrogens with one attached hydrogen (secondary N) is 1. The maximum atomic E-state index is 12.0. The van der Waals surface area contributed by atoms with Gasteiger partial charge >= 0.3 is 18.1 Å². The van der Waals surface area contributed by atoms with Gasteiger partial charge in [0.1, 0.15) is 6.04 Å². The lowest BCUT2D eigenvalue weighted by molar-refractivity contribution is -0.175. The van der Waals surface area contributed by atoms with Crippen LogP contribution in [0.5, 0.6) is 0 Å². The molecule has 0 spiro atoms. The highest BCUT2D eigenvalue weighted by atomic mass is 19.4. The monoisotopic (exact) mass is 241 g/mol. The first-order chi connectivity index (χ1) is 7.18. The minimum Gasteiger partial charge on any atom is -0.467 e. The second kappa shape index (κ2) is 5.72. The lowest BCUT2D eigenvalue weighted by Crippen LogP contribution is -2.47. The summed E-state index contributed by atoms with van der Waals surface area (Å²) in [5, 5.41) is 1.60. The van der Waals surface area contributed by atoms with Crippen LogP contribution in [0.1, 0.15) is 20.3 Å². The van der Waals surface area contributed by atoms with Crippen LogP contribution >= 0.6 is 0 Å². The Balaban J connectivity index is 4.55. The number of esters is 1. The molecule has 16 heavy (non-hydrogen) atoms. The zero-order chi connectivity index (χ0) is 12.9. The van der Waals surface area contributed by atoms with Crippen LogP contribution in [0.15, 0.2) is 0 Å². The minimum atomic E-state index is -5.00. The van der Waals surface area contributed by atoms with Gasteiger partial charge in [-0.25, -0.2) is 4.79 Å². The standard InChI is InChI=1S/C9H14F3NO3/c1-5(2)4-6(7(14)16-3)13-8(15)9(10,11)12/h5-6H,4H2,1-3H3,(H,13,15). The second-order valence-corrected chi connectivity index (χ2v) is 3.68. The van der Waals surface area contributed by atoms with Gasteiger partial charge in [-0.05, 0) is 12.3 Å². The van der Waals surface area contributed by atoms with E-state index in [1.54, 1.807) is 19.2 Å². The number of carbonyl (C=O) groups excluding carboxylic acids is 2. The topological polar surface area (TPSA) is 55.4 Å². The van der Waals surface area contributed by atoms with Crippen molar-refractivity contribution in [3.63, 3.8) is 0 Å². The SMILES string of the molecule is COC(=O)C(CC(C)C)NC(=O)C(F)(F)F. The molecule has 4 nitrogen and oxygen atoms in total. The molecule has 0 saturated carbocycles. The fraction of sp³-hybridized carbons (Fsp3) is 0.778. The van der Waals surface area contributed by atoms with Crippen LogP contribution in [0.2, 0.25) is 0 Å². The number of methoxy groups -OCH3 is 1. The van der Waals surface area contributed by atoms with E-state index < -0.39 is 24.1 Å². The molecule has 1 amide bonds. The molecule has 0 aliphatic heterocycles. The summed E-state index contributed by atoms with van der Waals surface area (Å²) in [6, 6.07) is -1.26. The fourth-order valence-corrected chi connectivity index (χ4v) is 1.07. The van der Waals surface area contributed by atoms with Gasteiger partial charge in [0.25, 0.3) is 0 Å². The van der Waals surface area contributed by atoms with E-state index in [0.717, 1.165) is 7.11 Å². The van der Waals surface area contributed by atoms with E-state index in [4.69, 9.17) is 0 Å². The average molecular weight is 241 g/mol. The van der Waals surface area contributed by atoms with Gasteiger partial charge in [-0.1, -0.05) is 13.8 Å². The van der Waals surface area contributed by atoms with Gasteiger partial charge in [0.15, 0.2) is 0 Å². The minimum absolute atomic E-state index is 0.0439. The summed E-state index contributed by atoms with van der Waals surface area (Å²) >= 11 is 0. The Bertz CT molecular complexity index is 263. The van der Waals surface area contributed by atoms with Gasteiger partial charge in [-0.15, -0.1) is 0 Å². The highest BCUT2D eigenvalue weighted by molar-refractivity contribution is 5.87. The molecule has 0 aromatic carbocycles. The van der Waals surface area contributed by atoms with Gasteiger partial charge in [-0.2, -0.15) is 13.2 Å². The van der Waals surface area contributed by atoms with Crippen molar-refractivity contribution in [3.8, 4) is 0 Å². The van der Waals surface area contributed by atoms with Crippen LogP contribution in [0.3, 0.4) is 0 Å². The number of alkyl halides is 3. The summed E-state index contributed by atoms with van der Waals surface area (Å²) in [4.78, 5) is 21.7. The van der Waals surface area contributed by atoms with E-state index in [1.165, 1.54) is 0 Å². The molecule has 0 bridgehead atoms. The number of halogens is 3. The van der Waals surface area contributed by atoms with Gasteiger partial charge in [0.2, 0.25) is 0 Å². The number of rotatable bonds is 4. The molecule has 94 valence electrons. The Morgan fingerprint density at radius 2 is 1.81 bits per heavy atom. The second-order valence-electron chi connectivity index (χ2n) is 3.68. The maximum Gasteiger partial charge on any atom is 0.471 e. The van der Waals surface area contributed by atoms with Gasteiger partial charge in [0, 0.05) is 0 Å². The first kappa shape index (κ1) is 14.7. The van der Waals surface area contributed by atoms with Crippen molar-refractivity contribution in [2.45, 2.75) is 32.5 Å². The Labute approximate surface area is 91.1 Å². The van der Waals surface area contributed by atoms with Crippen LogP contribution in [-0.4, -0.2) is 31.2 Å². The molecule has 0 saturated heterocycles. The quantitative estimate of drug-likeness (QED) is 0.754. The number of ether oxygens (including phenoxy) is 1. The van der Waals surface area contributed by atoms with Crippen molar-refractivity contribution < 1.29 is 27.5 Å². The molecule has 0 aromatic heterocycles. The van der Waals surface area contributed by atoms with Crippen molar-refractivity contribution in [3.05, 3.63) is 0 Å². The third kappa shape index (κ3) is 4.99. The molecule has 0 fully saturated rings. The number of amides is 1. The summed E-state index contributed by atoms with van der Waals surface area (Å²) < 4.78 is 40.2. The molecule has 1 unspecified atom stereocenters. The van der Waals surface area contributed by atoms with Crippen molar-refractivity contribution in [2.24, 2.45) is 5.92 Å². The fourth-order valence-electron chi connectivity index (χ4n) is 1.07. The lowest BCUT2D eigenvalue weighted by Gasteiger charge is -2.18. The molecular weight excluding hydrogens is 227 g/mol. The molecule has 1 N–H and O–H groups in total. The van der Waals surface area contributed by atoms with Crippen molar-refractivity contribution in [2.75, 3.05) is 7.11 Å². The third-order valence-corrected chi connectivity index (χ3v) is 1.76. The van der Waals surface area contributed by atoms with Crippen LogP contribution in [0.4, 0.5) is 13.2 Å². The average Bonchev–Trinajstić information content (AvgIpc) is 2.13. The maximum absolute atomic E-state index is 12.0. The van der Waals surface area contributed by atoms with Gasteiger partial charge in [0.05, 0.1) is 7.11 Å². The van der Waals surface area contributed by atoms with E-state index in [-0.39, 0.29) is 12.3 Å². The van der Waals surface area contributed by atoms with E-state index in [1.807, 2.05) is 0 Å². The first-order valence-electron chi connectivity index (χ1n) is 4.64. The van der Waals surface area contributed by atoms with E-state index >= 15 is 0 Å². The predicted molar refractivity (Wildman–Crippen MR) is 49.5 cm³/mol. The highest BCUT2D eigenvalue weighted by Crippen LogP contribution is 2.16. The zero-order valence-corrected chi connectivity index (χ0v) is 9.22. The molecule has 0 aromatic rings. The van der Waals surface area contributed by atoms with Crippen molar-refractivity contribution in [1.29, 1.82) is 0 Å². The largest absolute Gasteiger partial charge is 0.471 e. The van der Waals surface area contributed by atoms with E-state index in [0.29, 0.717) is 0 Å². The zero-order valence-electron chi connectivity index (χ0n) is 9.22. The van der Waals surface area contributed by atoms with Gasteiger partial charge < -0.3 is 10.1 Å². The molecule has 0 rings (SSSR count). The Morgan fingerprint density at radius 3 is 2.12 bits per heavy atom. The molecular formula is C9H14F3NO3. The van der Waals surface area contributed by atoms with Crippen molar-refractivity contribution >= 4 is 11.9 Å². The Morgan fingerprint density at radius 1 is 1.31 bits per heavy atom. The molecule has 0 radical (unpaired) electrons. The highest BCUT2D eigenvalue weighted by Gasteiger charge is 2.41. The summed E-state index contributed by atoms with van der Waals surface area (Å²) in [5.41, 5.74) is 0. The summed E-state index contributed by atoms with van der Waals surface area (Å²) in [6.45, 7) is 3.44. The van der Waals surface area contributed by atoms with Crippen LogP contribution in [-0.2, 0) is 14.3 Å². The lowest BCUT2D eigenvalue weighted by atomic mass is 10.0. The molecule has 7 heteroatoms. The molecule has 0 heterocycles. The normalized spacial score (nSPS) is 13.4. The van der Waals surface area contributed by atoms with Crippen LogP contribution in [0.25, 0.3) is 0 Å². The Kier molecular flexibility index (Phi) is 5.26. The van der Waals surface area contributed by atoms with Gasteiger partial charge in [-0.3, -0.25) is 4.79 Å². The van der Waals surface area contributed by atoms with E-state index in [2.05, 4.69) is 4.74 Å². The number of carbonyl (C=O) groups is 2. The predicted octanol–water partition coefficient (Wildman–Crippen LogP) is 1.25. The smallest absolute Gasteiger partial charge is 0.467 e. The number of hydrogen-bond acceptors (Lipinski definition) is 3. The molecule has 1 atom stereocenters. The summed E-state index contributed by atoms with van der Waals surface area (Å²) in [6.07, 6.45) is -4.91. The number of hydrogen-bond donors (Lipinski definition) is 1. The third-order valence-electron chi connectivity index (χ3n) is 1.76. The Hall–Kier alpha value is -1.27. The molecule has 0 aliphatic carbocycles. The van der Waals surface area contributed by atoms with Crippen LogP contribution < -0.4 is 5.32 Å². The summed E-state index contributed by atoms with van der Waals surface area (Å²) in [7, 11) is 1.05. The first-order valence-corrected chi connectivity index (χ1v) is 4.64. The summed E-state index contributed by atoms with van der Waals surface area (Å²) in [5.74, 6) is -3.06. The van der Waals surface area contributed by atoms with Crippen LogP contribution in [0, 0.1) is 5.92 Å². The van der Waals surface area contributed by atoms with E-state index in [9.17, 15) is 22.8 Å². The molecule has 0 aliphatic rings. The van der Waals surface area contributed by atoms with Crippen molar-refractivity contribution in [1.82, 2.24) is 5.32 Å².